The van der Waals surface area contributed by atoms with Gasteiger partial charge in [-0.05, 0) is 62.8 Å². The molecule has 4 heterocycles. The van der Waals surface area contributed by atoms with E-state index in [1.54, 1.807) is 25.3 Å². The Morgan fingerprint density at radius 1 is 1.03 bits per heavy atom. The molecule has 3 aromatic rings. The predicted octanol–water partition coefficient (Wildman–Crippen LogP) is 4.57. The van der Waals surface area contributed by atoms with E-state index in [4.69, 9.17) is 9.47 Å². The largest absolute Gasteiger partial charge is 0.480 e. The molecule has 1 aliphatic heterocycles. The lowest BCUT2D eigenvalue weighted by molar-refractivity contribution is -0.0123. The van der Waals surface area contributed by atoms with Gasteiger partial charge in [0, 0.05) is 26.2 Å². The summed E-state index contributed by atoms with van der Waals surface area (Å²) in [6, 6.07) is 7.72. The van der Waals surface area contributed by atoms with Gasteiger partial charge in [-0.3, -0.25) is 0 Å². The Kier molecular flexibility index (Phi) is 7.84. The first-order valence-electron chi connectivity index (χ1n) is 12.9. The van der Waals surface area contributed by atoms with Gasteiger partial charge in [0.1, 0.15) is 22.8 Å². The number of hydrogen-bond acceptors (Lipinski definition) is 9. The standard InChI is InChI=1S/C27H38N8O3/c1-26(2,3)17-27(4,5)38-25(36)35-14-12-18(13-15-35)29-23-11-10-21(31-32-23)20-9-8-19(24(30-20)37-7)22-16-28-34(6)33-22/h8-11,16,18H,12-15,17H2,1-7H3,(H,29,32). The molecule has 0 radical (unpaired) electrons. The maximum Gasteiger partial charge on any atom is 0.410 e. The molecule has 0 spiro atoms. The maximum atomic E-state index is 12.7. The molecule has 1 amide bonds. The monoisotopic (exact) mass is 522 g/mol. The van der Waals surface area contributed by atoms with E-state index >= 15 is 0 Å². The number of aryl methyl sites for hydroxylation is 1. The molecule has 0 unspecified atom stereocenters. The van der Waals surface area contributed by atoms with Gasteiger partial charge >= 0.3 is 6.09 Å². The van der Waals surface area contributed by atoms with Crippen LogP contribution in [0.25, 0.3) is 22.6 Å². The summed E-state index contributed by atoms with van der Waals surface area (Å²) in [4.78, 5) is 20.6. The summed E-state index contributed by atoms with van der Waals surface area (Å²) in [7, 11) is 3.33. The van der Waals surface area contributed by atoms with Gasteiger partial charge in [-0.2, -0.15) is 15.0 Å². The second-order valence-corrected chi connectivity index (χ2v) is 11.5. The Morgan fingerprint density at radius 2 is 1.74 bits per heavy atom. The van der Waals surface area contributed by atoms with Crippen molar-refractivity contribution in [3.05, 3.63) is 30.5 Å². The summed E-state index contributed by atoms with van der Waals surface area (Å²) < 4.78 is 11.3. The zero-order valence-corrected chi connectivity index (χ0v) is 23.4. The van der Waals surface area contributed by atoms with Gasteiger partial charge < -0.3 is 19.7 Å². The number of amides is 1. The van der Waals surface area contributed by atoms with Crippen molar-refractivity contribution in [1.29, 1.82) is 0 Å². The highest BCUT2D eigenvalue weighted by Gasteiger charge is 2.32. The molecule has 11 heteroatoms. The fourth-order valence-corrected chi connectivity index (χ4v) is 4.98. The fraction of sp³-hybridized carbons (Fsp3) is 0.556. The Bertz CT molecular complexity index is 1240. The number of carbonyl (C=O) groups is 1. The quantitative estimate of drug-likeness (QED) is 0.476. The van der Waals surface area contributed by atoms with Crippen LogP contribution in [0, 0.1) is 5.41 Å². The molecule has 4 rings (SSSR count). The number of aromatic nitrogens is 6. The first-order chi connectivity index (χ1) is 17.9. The Morgan fingerprint density at radius 3 is 2.32 bits per heavy atom. The summed E-state index contributed by atoms with van der Waals surface area (Å²) in [6.45, 7) is 11.7. The summed E-state index contributed by atoms with van der Waals surface area (Å²) in [5.41, 5.74) is 2.30. The number of piperidine rings is 1. The smallest absolute Gasteiger partial charge is 0.410 e. The topological polar surface area (TPSA) is 120 Å². The van der Waals surface area contributed by atoms with Crippen molar-refractivity contribution in [2.75, 3.05) is 25.5 Å². The lowest BCUT2D eigenvalue weighted by Crippen LogP contribution is -2.45. The lowest BCUT2D eigenvalue weighted by Gasteiger charge is -2.36. The van der Waals surface area contributed by atoms with Crippen LogP contribution in [0.3, 0.4) is 0 Å². The third-order valence-electron chi connectivity index (χ3n) is 6.28. The number of hydrogen-bond donors (Lipinski definition) is 1. The van der Waals surface area contributed by atoms with E-state index in [1.165, 1.54) is 4.80 Å². The molecule has 204 valence electrons. The van der Waals surface area contributed by atoms with Crippen LogP contribution in [0.1, 0.15) is 53.9 Å². The summed E-state index contributed by atoms with van der Waals surface area (Å²) >= 11 is 0. The highest BCUT2D eigenvalue weighted by molar-refractivity contribution is 5.69. The first-order valence-corrected chi connectivity index (χ1v) is 12.9. The maximum absolute atomic E-state index is 12.7. The SMILES string of the molecule is COc1nc(-c2ccc(NC3CCN(C(=O)OC(C)(C)CC(C)(C)C)CC3)nn2)ccc1-c1cnn(C)n1. The second kappa shape index (κ2) is 10.9. The van der Waals surface area contributed by atoms with Gasteiger partial charge in [0.2, 0.25) is 5.88 Å². The van der Waals surface area contributed by atoms with Crippen LogP contribution in [0.4, 0.5) is 10.6 Å². The molecule has 38 heavy (non-hydrogen) atoms. The van der Waals surface area contributed by atoms with Gasteiger partial charge in [-0.25, -0.2) is 9.78 Å². The van der Waals surface area contributed by atoms with Crippen molar-refractivity contribution >= 4 is 11.9 Å². The fourth-order valence-electron chi connectivity index (χ4n) is 4.98. The summed E-state index contributed by atoms with van der Waals surface area (Å²) in [5.74, 6) is 1.13. The van der Waals surface area contributed by atoms with E-state index in [1.807, 2.05) is 38.1 Å². The molecule has 0 bridgehead atoms. The summed E-state index contributed by atoms with van der Waals surface area (Å²) in [5, 5.41) is 20.6. The molecule has 11 nitrogen and oxygen atoms in total. The zero-order valence-electron chi connectivity index (χ0n) is 23.4. The van der Waals surface area contributed by atoms with E-state index in [9.17, 15) is 4.79 Å². The molecule has 0 saturated carbocycles. The molecular formula is C27H38N8O3. The molecule has 1 saturated heterocycles. The number of rotatable bonds is 7. The molecule has 0 atom stereocenters. The first kappa shape index (κ1) is 27.3. The molecule has 0 aliphatic carbocycles. The van der Waals surface area contributed by atoms with Crippen molar-refractivity contribution in [1.82, 2.24) is 35.1 Å². The highest BCUT2D eigenvalue weighted by atomic mass is 16.6. The van der Waals surface area contributed by atoms with Crippen LogP contribution in [0.15, 0.2) is 30.5 Å². The number of likely N-dealkylation sites (tertiary alicyclic amines) is 1. The average molecular weight is 523 g/mol. The number of methoxy groups -OCH3 is 1. The number of nitrogens with one attached hydrogen (secondary N) is 1. The average Bonchev–Trinajstić information content (AvgIpc) is 3.28. The van der Waals surface area contributed by atoms with Gasteiger partial charge in [-0.15, -0.1) is 10.2 Å². The van der Waals surface area contributed by atoms with Crippen LogP contribution >= 0.6 is 0 Å². The second-order valence-electron chi connectivity index (χ2n) is 11.5. The third kappa shape index (κ3) is 6.96. The number of pyridine rings is 1. The van der Waals surface area contributed by atoms with Crippen LogP contribution < -0.4 is 10.1 Å². The van der Waals surface area contributed by atoms with Gasteiger partial charge in [0.05, 0.1) is 24.6 Å². The van der Waals surface area contributed by atoms with Crippen LogP contribution in [0.2, 0.25) is 0 Å². The minimum absolute atomic E-state index is 0.0835. The van der Waals surface area contributed by atoms with E-state index in [-0.39, 0.29) is 17.6 Å². The lowest BCUT2D eigenvalue weighted by atomic mass is 9.84. The number of anilines is 1. The Hall–Kier alpha value is -3.76. The predicted molar refractivity (Wildman–Crippen MR) is 145 cm³/mol. The van der Waals surface area contributed by atoms with Crippen molar-refractivity contribution < 1.29 is 14.3 Å². The number of nitrogens with zero attached hydrogens (tertiary/aromatic N) is 7. The van der Waals surface area contributed by atoms with Crippen LogP contribution in [-0.2, 0) is 11.8 Å². The minimum Gasteiger partial charge on any atom is -0.480 e. The van der Waals surface area contributed by atoms with Crippen molar-refractivity contribution in [2.24, 2.45) is 12.5 Å². The Labute approximate surface area is 223 Å². The van der Waals surface area contributed by atoms with Crippen molar-refractivity contribution in [2.45, 2.75) is 65.5 Å². The molecular weight excluding hydrogens is 484 g/mol. The van der Waals surface area contributed by atoms with E-state index in [0.29, 0.717) is 41.9 Å². The number of ether oxygens (including phenoxy) is 2. The molecule has 1 N–H and O–H groups in total. The molecule has 3 aromatic heterocycles. The van der Waals surface area contributed by atoms with Gasteiger partial charge in [-0.1, -0.05) is 20.8 Å². The highest BCUT2D eigenvalue weighted by Crippen LogP contribution is 2.31. The van der Waals surface area contributed by atoms with Gasteiger partial charge in [0.25, 0.3) is 0 Å². The van der Waals surface area contributed by atoms with E-state index in [2.05, 4.69) is 51.5 Å². The van der Waals surface area contributed by atoms with E-state index in [0.717, 1.165) is 24.8 Å². The minimum atomic E-state index is -0.503. The Balaban J connectivity index is 1.32. The summed E-state index contributed by atoms with van der Waals surface area (Å²) in [6.07, 6.45) is 3.84. The van der Waals surface area contributed by atoms with Gasteiger partial charge in [0.15, 0.2) is 0 Å². The van der Waals surface area contributed by atoms with Crippen LogP contribution in [-0.4, -0.2) is 73.0 Å². The van der Waals surface area contributed by atoms with Crippen LogP contribution in [0.5, 0.6) is 5.88 Å². The van der Waals surface area contributed by atoms with Crippen molar-refractivity contribution in [3.8, 4) is 28.5 Å². The number of carbonyl (C=O) groups excluding carboxylic acids is 1. The zero-order chi connectivity index (χ0) is 27.5. The van der Waals surface area contributed by atoms with Crippen molar-refractivity contribution in [3.63, 3.8) is 0 Å². The third-order valence-corrected chi connectivity index (χ3v) is 6.28. The van der Waals surface area contributed by atoms with E-state index < -0.39 is 5.60 Å². The normalized spacial score (nSPS) is 14.9. The molecule has 0 aromatic carbocycles. The molecule has 1 fully saturated rings. The molecule has 1 aliphatic rings.